The van der Waals surface area contributed by atoms with Crippen molar-refractivity contribution >= 4 is 22.9 Å². The Morgan fingerprint density at radius 3 is 3.07 bits per heavy atom. The minimum Gasteiger partial charge on any atom is -0.392 e. The molecule has 78 valence electrons. The Morgan fingerprint density at radius 1 is 1.64 bits per heavy atom. The zero-order valence-corrected chi connectivity index (χ0v) is 9.35. The van der Waals surface area contributed by atoms with Crippen LogP contribution in [0.3, 0.4) is 0 Å². The number of thiophene rings is 1. The first-order valence-corrected chi connectivity index (χ1v) is 5.95. The van der Waals surface area contributed by atoms with Gasteiger partial charge in [0.15, 0.2) is 0 Å². The largest absolute Gasteiger partial charge is 0.392 e. The average Bonchev–Trinajstić information content (AvgIpc) is 2.75. The van der Waals surface area contributed by atoms with Crippen LogP contribution >= 0.6 is 22.9 Å². The molecular formula is C10H13ClO2S. The Morgan fingerprint density at radius 2 is 2.50 bits per heavy atom. The molecule has 1 saturated heterocycles. The third kappa shape index (κ3) is 2.48. The number of aliphatic hydroxyl groups excluding tert-OH is 1. The molecule has 2 rings (SSSR count). The Balaban J connectivity index is 1.90. The SMILES string of the molecule is OC(Cc1ccc(Cl)s1)C1CCOC1. The van der Waals surface area contributed by atoms with Crippen LogP contribution in [0.25, 0.3) is 0 Å². The predicted octanol–water partition coefficient (Wildman–Crippen LogP) is 2.34. The molecule has 14 heavy (non-hydrogen) atoms. The Labute approximate surface area is 92.5 Å². The summed E-state index contributed by atoms with van der Waals surface area (Å²) < 4.78 is 6.03. The maximum Gasteiger partial charge on any atom is 0.0931 e. The third-order valence-electron chi connectivity index (χ3n) is 2.55. The summed E-state index contributed by atoms with van der Waals surface area (Å²) in [5, 5.41) is 9.90. The molecule has 0 amide bonds. The smallest absolute Gasteiger partial charge is 0.0931 e. The highest BCUT2D eigenvalue weighted by Crippen LogP contribution is 2.25. The molecular weight excluding hydrogens is 220 g/mol. The van der Waals surface area contributed by atoms with Gasteiger partial charge in [0.2, 0.25) is 0 Å². The lowest BCUT2D eigenvalue weighted by Gasteiger charge is -2.14. The second-order valence-electron chi connectivity index (χ2n) is 3.60. The summed E-state index contributed by atoms with van der Waals surface area (Å²) in [7, 11) is 0. The fraction of sp³-hybridized carbons (Fsp3) is 0.600. The molecule has 2 atom stereocenters. The number of rotatable bonds is 3. The van der Waals surface area contributed by atoms with Gasteiger partial charge >= 0.3 is 0 Å². The zero-order valence-electron chi connectivity index (χ0n) is 7.78. The minimum atomic E-state index is -0.285. The van der Waals surface area contributed by atoms with E-state index in [4.69, 9.17) is 16.3 Å². The van der Waals surface area contributed by atoms with Crippen molar-refractivity contribution in [2.45, 2.75) is 18.9 Å². The van der Waals surface area contributed by atoms with E-state index in [-0.39, 0.29) is 6.10 Å². The van der Waals surface area contributed by atoms with Crippen LogP contribution in [0.1, 0.15) is 11.3 Å². The van der Waals surface area contributed by atoms with Crippen LogP contribution in [0.4, 0.5) is 0 Å². The van der Waals surface area contributed by atoms with E-state index >= 15 is 0 Å². The fourth-order valence-corrected chi connectivity index (χ4v) is 2.83. The van der Waals surface area contributed by atoms with E-state index in [1.807, 2.05) is 12.1 Å². The van der Waals surface area contributed by atoms with E-state index in [0.29, 0.717) is 18.9 Å². The van der Waals surface area contributed by atoms with Crippen molar-refractivity contribution in [3.05, 3.63) is 21.3 Å². The monoisotopic (exact) mass is 232 g/mol. The van der Waals surface area contributed by atoms with E-state index in [2.05, 4.69) is 0 Å². The summed E-state index contributed by atoms with van der Waals surface area (Å²) in [6.07, 6.45) is 1.39. The van der Waals surface area contributed by atoms with Gasteiger partial charge in [0.05, 0.1) is 17.0 Å². The first kappa shape index (κ1) is 10.4. The van der Waals surface area contributed by atoms with Gasteiger partial charge in [-0.25, -0.2) is 0 Å². The summed E-state index contributed by atoms with van der Waals surface area (Å²) >= 11 is 7.36. The maximum atomic E-state index is 9.90. The third-order valence-corrected chi connectivity index (χ3v) is 3.80. The molecule has 1 fully saturated rings. The molecule has 1 aliphatic heterocycles. The van der Waals surface area contributed by atoms with Gasteiger partial charge in [-0.15, -0.1) is 11.3 Å². The van der Waals surface area contributed by atoms with E-state index in [0.717, 1.165) is 22.2 Å². The molecule has 0 radical (unpaired) electrons. The van der Waals surface area contributed by atoms with E-state index in [1.54, 1.807) is 0 Å². The number of halogens is 1. The van der Waals surface area contributed by atoms with Crippen LogP contribution in [0.5, 0.6) is 0 Å². The second kappa shape index (κ2) is 4.62. The summed E-state index contributed by atoms with van der Waals surface area (Å²) in [6, 6.07) is 3.85. The number of hydrogen-bond donors (Lipinski definition) is 1. The summed E-state index contributed by atoms with van der Waals surface area (Å²) in [6.45, 7) is 1.48. The van der Waals surface area contributed by atoms with Crippen molar-refractivity contribution in [3.8, 4) is 0 Å². The highest BCUT2D eigenvalue weighted by molar-refractivity contribution is 7.16. The first-order chi connectivity index (χ1) is 6.75. The second-order valence-corrected chi connectivity index (χ2v) is 5.40. The Bertz CT molecular complexity index is 294. The quantitative estimate of drug-likeness (QED) is 0.867. The van der Waals surface area contributed by atoms with Crippen molar-refractivity contribution in [2.24, 2.45) is 5.92 Å². The van der Waals surface area contributed by atoms with Crippen molar-refractivity contribution in [3.63, 3.8) is 0 Å². The van der Waals surface area contributed by atoms with Gasteiger partial charge in [-0.1, -0.05) is 11.6 Å². The maximum absolute atomic E-state index is 9.90. The molecule has 1 aromatic rings. The number of aliphatic hydroxyl groups is 1. The van der Waals surface area contributed by atoms with E-state index in [9.17, 15) is 5.11 Å². The lowest BCUT2D eigenvalue weighted by atomic mass is 9.99. The van der Waals surface area contributed by atoms with Gasteiger partial charge in [0, 0.05) is 23.8 Å². The topological polar surface area (TPSA) is 29.5 Å². The molecule has 1 aliphatic rings. The molecule has 2 nitrogen and oxygen atoms in total. The molecule has 0 saturated carbocycles. The highest BCUT2D eigenvalue weighted by Gasteiger charge is 2.24. The van der Waals surface area contributed by atoms with Gasteiger partial charge in [-0.2, -0.15) is 0 Å². The molecule has 2 unspecified atom stereocenters. The van der Waals surface area contributed by atoms with E-state index in [1.165, 1.54) is 11.3 Å². The van der Waals surface area contributed by atoms with Crippen LogP contribution < -0.4 is 0 Å². The van der Waals surface area contributed by atoms with E-state index < -0.39 is 0 Å². The van der Waals surface area contributed by atoms with Crippen LogP contribution in [-0.4, -0.2) is 24.4 Å². The Kier molecular flexibility index (Phi) is 3.44. The van der Waals surface area contributed by atoms with Crippen molar-refractivity contribution in [1.82, 2.24) is 0 Å². The molecule has 2 heterocycles. The lowest BCUT2D eigenvalue weighted by molar-refractivity contribution is 0.0925. The number of hydrogen-bond acceptors (Lipinski definition) is 3. The molecule has 0 aliphatic carbocycles. The average molecular weight is 233 g/mol. The van der Waals surface area contributed by atoms with Crippen molar-refractivity contribution in [1.29, 1.82) is 0 Å². The van der Waals surface area contributed by atoms with Crippen LogP contribution in [-0.2, 0) is 11.2 Å². The van der Waals surface area contributed by atoms with Gasteiger partial charge in [-0.05, 0) is 18.6 Å². The number of ether oxygens (including phenoxy) is 1. The van der Waals surface area contributed by atoms with Gasteiger partial charge < -0.3 is 9.84 Å². The van der Waals surface area contributed by atoms with Crippen molar-refractivity contribution in [2.75, 3.05) is 13.2 Å². The Hall–Kier alpha value is -0.0900. The standard InChI is InChI=1S/C10H13ClO2S/c11-10-2-1-8(14-10)5-9(12)7-3-4-13-6-7/h1-2,7,9,12H,3-6H2. The molecule has 4 heteroatoms. The molecule has 0 spiro atoms. The highest BCUT2D eigenvalue weighted by atomic mass is 35.5. The van der Waals surface area contributed by atoms with Crippen LogP contribution in [0.15, 0.2) is 12.1 Å². The molecule has 1 aromatic heterocycles. The van der Waals surface area contributed by atoms with Gasteiger partial charge in [0.25, 0.3) is 0 Å². The fourth-order valence-electron chi connectivity index (χ4n) is 1.69. The summed E-state index contributed by atoms with van der Waals surface area (Å²) in [5.74, 6) is 0.302. The van der Waals surface area contributed by atoms with Gasteiger partial charge in [0.1, 0.15) is 0 Å². The van der Waals surface area contributed by atoms with Gasteiger partial charge in [-0.3, -0.25) is 0 Å². The van der Waals surface area contributed by atoms with Crippen molar-refractivity contribution < 1.29 is 9.84 Å². The summed E-state index contributed by atoms with van der Waals surface area (Å²) in [4.78, 5) is 1.15. The van der Waals surface area contributed by atoms with Crippen LogP contribution in [0.2, 0.25) is 4.34 Å². The van der Waals surface area contributed by atoms with Crippen LogP contribution in [0, 0.1) is 5.92 Å². The normalized spacial score (nSPS) is 24.0. The molecule has 0 aromatic carbocycles. The lowest BCUT2D eigenvalue weighted by Crippen LogP contribution is -2.22. The predicted molar refractivity (Wildman–Crippen MR) is 58.0 cm³/mol. The first-order valence-electron chi connectivity index (χ1n) is 4.76. The molecule has 1 N–H and O–H groups in total. The zero-order chi connectivity index (χ0) is 9.97. The minimum absolute atomic E-state index is 0.285. The summed E-state index contributed by atoms with van der Waals surface area (Å²) in [5.41, 5.74) is 0. The molecule has 0 bridgehead atoms.